The minimum atomic E-state index is -1.48. The van der Waals surface area contributed by atoms with E-state index in [9.17, 15) is 9.18 Å². The van der Waals surface area contributed by atoms with Crippen LogP contribution in [0.25, 0.3) is 5.57 Å². The minimum absolute atomic E-state index is 0.0920. The Morgan fingerprint density at radius 3 is 2.27 bits per heavy atom. The quantitative estimate of drug-likeness (QED) is 0.466. The van der Waals surface area contributed by atoms with Gasteiger partial charge < -0.3 is 0 Å². The number of rotatable bonds is 2. The van der Waals surface area contributed by atoms with Crippen molar-refractivity contribution in [1.82, 2.24) is 0 Å². The molecule has 1 rings (SSSR count). The zero-order valence-corrected chi connectivity index (χ0v) is 5.88. The molecule has 1 aromatic carbocycles. The third-order valence-corrected chi connectivity index (χ3v) is 1.36. The molecule has 0 amide bonds. The lowest BCUT2D eigenvalue weighted by Gasteiger charge is -1.96. The maximum atomic E-state index is 12.0. The van der Waals surface area contributed by atoms with Gasteiger partial charge in [0.05, 0.1) is 5.57 Å². The predicted octanol–water partition coefficient (Wildman–Crippen LogP) is 2.20. The average molecular weight is 150 g/mol. The van der Waals surface area contributed by atoms with E-state index in [1.54, 1.807) is 30.3 Å². The largest absolute Gasteiger partial charge is 0.332 e. The predicted molar refractivity (Wildman–Crippen MR) is 41.6 cm³/mol. The Hall–Kier alpha value is -1.44. The average Bonchev–Trinajstić information content (AvgIpc) is 2.05. The molecular weight excluding hydrogens is 143 g/mol. The highest BCUT2D eigenvalue weighted by atomic mass is 19.1. The van der Waals surface area contributed by atoms with Crippen molar-refractivity contribution in [1.29, 1.82) is 0 Å². The fourth-order valence-electron chi connectivity index (χ4n) is 0.753. The van der Waals surface area contributed by atoms with Crippen molar-refractivity contribution in [2.24, 2.45) is 0 Å². The first kappa shape index (κ1) is 7.66. The van der Waals surface area contributed by atoms with Gasteiger partial charge in [-0.3, -0.25) is 4.79 Å². The molecule has 0 fully saturated rings. The van der Waals surface area contributed by atoms with E-state index in [2.05, 4.69) is 6.58 Å². The summed E-state index contributed by atoms with van der Waals surface area (Å²) in [4.78, 5) is 10.2. The molecule has 11 heavy (non-hydrogen) atoms. The Balaban J connectivity index is 2.95. The van der Waals surface area contributed by atoms with Crippen LogP contribution in [0.15, 0.2) is 36.9 Å². The standard InChI is InChI=1S/C9H7FO/c1-7(9(10)11)8-5-3-2-4-6-8/h2-6H,1H2. The molecule has 56 valence electrons. The van der Waals surface area contributed by atoms with Crippen LogP contribution in [0.5, 0.6) is 0 Å². The van der Waals surface area contributed by atoms with Gasteiger partial charge in [0.25, 0.3) is 0 Å². The highest BCUT2D eigenvalue weighted by molar-refractivity contribution is 6.14. The fourth-order valence-corrected chi connectivity index (χ4v) is 0.753. The smallest absolute Gasteiger partial charge is 0.255 e. The van der Waals surface area contributed by atoms with E-state index >= 15 is 0 Å². The van der Waals surface area contributed by atoms with Crippen LogP contribution in [-0.4, -0.2) is 6.04 Å². The maximum Gasteiger partial charge on any atom is 0.332 e. The third kappa shape index (κ3) is 1.74. The zero-order chi connectivity index (χ0) is 8.27. The minimum Gasteiger partial charge on any atom is -0.255 e. The van der Waals surface area contributed by atoms with E-state index in [-0.39, 0.29) is 5.57 Å². The summed E-state index contributed by atoms with van der Waals surface area (Å²) >= 11 is 0. The molecule has 1 aromatic rings. The Bertz CT molecular complexity index is 277. The maximum absolute atomic E-state index is 12.0. The summed E-state index contributed by atoms with van der Waals surface area (Å²) in [5.41, 5.74) is 0.436. The summed E-state index contributed by atoms with van der Waals surface area (Å²) < 4.78 is 12.0. The first-order valence-electron chi connectivity index (χ1n) is 3.16. The Morgan fingerprint density at radius 1 is 1.27 bits per heavy atom. The van der Waals surface area contributed by atoms with Gasteiger partial charge in [-0.1, -0.05) is 36.9 Å². The Kier molecular flexibility index (Phi) is 2.16. The van der Waals surface area contributed by atoms with E-state index in [4.69, 9.17) is 0 Å². The van der Waals surface area contributed by atoms with Gasteiger partial charge in [0.15, 0.2) is 0 Å². The van der Waals surface area contributed by atoms with Crippen molar-refractivity contribution in [3.63, 3.8) is 0 Å². The lowest BCUT2D eigenvalue weighted by Crippen LogP contribution is -1.90. The molecule has 0 bridgehead atoms. The topological polar surface area (TPSA) is 17.1 Å². The zero-order valence-electron chi connectivity index (χ0n) is 5.88. The number of hydrogen-bond donors (Lipinski definition) is 0. The van der Waals surface area contributed by atoms with Crippen molar-refractivity contribution in [3.05, 3.63) is 42.5 Å². The van der Waals surface area contributed by atoms with Crippen molar-refractivity contribution >= 4 is 11.6 Å². The second-order valence-corrected chi connectivity index (χ2v) is 2.12. The lowest BCUT2D eigenvalue weighted by atomic mass is 10.1. The van der Waals surface area contributed by atoms with Crippen LogP contribution in [0, 0.1) is 0 Å². The Morgan fingerprint density at radius 2 is 1.82 bits per heavy atom. The summed E-state index contributed by atoms with van der Waals surface area (Å²) in [6.45, 7) is 3.30. The second kappa shape index (κ2) is 3.10. The molecular formula is C9H7FO. The molecule has 0 saturated carbocycles. The van der Waals surface area contributed by atoms with Gasteiger partial charge in [0.1, 0.15) is 0 Å². The molecule has 0 aromatic heterocycles. The molecule has 0 atom stereocenters. The van der Waals surface area contributed by atoms with E-state index in [1.165, 1.54) is 0 Å². The molecule has 0 saturated heterocycles. The number of carbonyl (C=O) groups is 1. The monoisotopic (exact) mass is 150 g/mol. The van der Waals surface area contributed by atoms with Gasteiger partial charge in [0.2, 0.25) is 0 Å². The first-order chi connectivity index (χ1) is 5.22. The molecule has 0 aliphatic heterocycles. The molecule has 0 spiro atoms. The van der Waals surface area contributed by atoms with Crippen molar-refractivity contribution < 1.29 is 9.18 Å². The molecule has 1 nitrogen and oxygen atoms in total. The van der Waals surface area contributed by atoms with Crippen LogP contribution < -0.4 is 0 Å². The third-order valence-electron chi connectivity index (χ3n) is 1.36. The molecule has 0 radical (unpaired) electrons. The van der Waals surface area contributed by atoms with E-state index in [0.29, 0.717) is 5.56 Å². The normalized spacial score (nSPS) is 9.18. The number of benzene rings is 1. The summed E-state index contributed by atoms with van der Waals surface area (Å²) in [7, 11) is 0. The van der Waals surface area contributed by atoms with E-state index in [0.717, 1.165) is 0 Å². The molecule has 0 aliphatic rings. The fraction of sp³-hybridized carbons (Fsp3) is 0. The van der Waals surface area contributed by atoms with Crippen LogP contribution in [-0.2, 0) is 4.79 Å². The van der Waals surface area contributed by atoms with Gasteiger partial charge >= 0.3 is 6.04 Å². The number of halogens is 1. The van der Waals surface area contributed by atoms with Gasteiger partial charge in [0, 0.05) is 0 Å². The first-order valence-corrected chi connectivity index (χ1v) is 3.16. The van der Waals surface area contributed by atoms with Crippen molar-refractivity contribution in [2.45, 2.75) is 0 Å². The van der Waals surface area contributed by atoms with Gasteiger partial charge in [-0.2, -0.15) is 4.39 Å². The Labute approximate surface area is 64.2 Å². The number of hydrogen-bond acceptors (Lipinski definition) is 1. The molecule has 0 aliphatic carbocycles. The van der Waals surface area contributed by atoms with Crippen LogP contribution in [0.3, 0.4) is 0 Å². The highest BCUT2D eigenvalue weighted by Crippen LogP contribution is 2.12. The number of carbonyl (C=O) groups excluding carboxylic acids is 1. The van der Waals surface area contributed by atoms with Gasteiger partial charge in [-0.05, 0) is 5.56 Å². The summed E-state index contributed by atoms with van der Waals surface area (Å²) in [5.74, 6) is 0. The van der Waals surface area contributed by atoms with E-state index in [1.807, 2.05) is 0 Å². The highest BCUT2D eigenvalue weighted by Gasteiger charge is 2.05. The van der Waals surface area contributed by atoms with Crippen LogP contribution in [0.1, 0.15) is 5.56 Å². The van der Waals surface area contributed by atoms with Crippen LogP contribution in [0.4, 0.5) is 4.39 Å². The van der Waals surface area contributed by atoms with Crippen LogP contribution >= 0.6 is 0 Å². The van der Waals surface area contributed by atoms with Crippen molar-refractivity contribution in [3.8, 4) is 0 Å². The lowest BCUT2D eigenvalue weighted by molar-refractivity contribution is -0.123. The van der Waals surface area contributed by atoms with Crippen molar-refractivity contribution in [2.75, 3.05) is 0 Å². The SMILES string of the molecule is C=C(C(=O)F)c1ccccc1. The molecule has 0 unspecified atom stereocenters. The molecule has 2 heteroatoms. The van der Waals surface area contributed by atoms with Gasteiger partial charge in [-0.25, -0.2) is 0 Å². The van der Waals surface area contributed by atoms with Gasteiger partial charge in [-0.15, -0.1) is 0 Å². The van der Waals surface area contributed by atoms with E-state index < -0.39 is 6.04 Å². The summed E-state index contributed by atoms with van der Waals surface area (Å²) in [5, 5.41) is 0. The summed E-state index contributed by atoms with van der Waals surface area (Å²) in [6, 6.07) is 7.04. The summed E-state index contributed by atoms with van der Waals surface area (Å²) in [6.07, 6.45) is 0. The molecule has 0 N–H and O–H groups in total. The second-order valence-electron chi connectivity index (χ2n) is 2.12. The number of allylic oxidation sites excluding steroid dienone is 1. The molecule has 0 heterocycles. The van der Waals surface area contributed by atoms with Crippen LogP contribution in [0.2, 0.25) is 0 Å².